The number of piperazine rings is 1. The molecule has 2 aromatic rings. The van der Waals surface area contributed by atoms with Gasteiger partial charge in [0.15, 0.2) is 0 Å². The topological polar surface area (TPSA) is 43.9 Å². The molecular formula is C21H23Cl2N3O2. The zero-order valence-corrected chi connectivity index (χ0v) is 17.3. The lowest BCUT2D eigenvalue weighted by Gasteiger charge is -2.35. The Bertz CT molecular complexity index is 837. The van der Waals surface area contributed by atoms with Gasteiger partial charge in [-0.15, -0.1) is 0 Å². The molecule has 0 aromatic heterocycles. The minimum absolute atomic E-state index is 0.0360. The summed E-state index contributed by atoms with van der Waals surface area (Å²) >= 11 is 12.0. The maximum atomic E-state index is 12.5. The zero-order chi connectivity index (χ0) is 20.1. The van der Waals surface area contributed by atoms with Crippen LogP contribution in [0, 0.1) is 0 Å². The van der Waals surface area contributed by atoms with Crippen LogP contribution in [0.15, 0.2) is 48.5 Å². The van der Waals surface area contributed by atoms with Gasteiger partial charge in [-0.05, 0) is 29.8 Å². The summed E-state index contributed by atoms with van der Waals surface area (Å²) in [5.74, 6) is 0.0808. The van der Waals surface area contributed by atoms with Crippen LogP contribution in [0.1, 0.15) is 15.9 Å². The van der Waals surface area contributed by atoms with Crippen molar-refractivity contribution in [2.45, 2.75) is 6.54 Å². The molecule has 2 aromatic carbocycles. The van der Waals surface area contributed by atoms with Gasteiger partial charge in [0.05, 0.1) is 16.6 Å². The molecule has 0 atom stereocenters. The van der Waals surface area contributed by atoms with Gasteiger partial charge in [-0.3, -0.25) is 14.5 Å². The molecule has 0 saturated carbocycles. The Morgan fingerprint density at radius 2 is 1.64 bits per heavy atom. The molecule has 3 rings (SSSR count). The largest absolute Gasteiger partial charge is 0.340 e. The molecule has 0 radical (unpaired) electrons. The summed E-state index contributed by atoms with van der Waals surface area (Å²) in [6, 6.07) is 14.7. The van der Waals surface area contributed by atoms with E-state index in [1.165, 1.54) is 0 Å². The number of carbonyl (C=O) groups is 2. The zero-order valence-electron chi connectivity index (χ0n) is 15.8. The molecule has 1 fully saturated rings. The average Bonchev–Trinajstić information content (AvgIpc) is 2.71. The van der Waals surface area contributed by atoms with Crippen LogP contribution >= 0.6 is 23.2 Å². The molecule has 148 valence electrons. The summed E-state index contributed by atoms with van der Waals surface area (Å²) in [5.41, 5.74) is 1.64. The van der Waals surface area contributed by atoms with Gasteiger partial charge in [0.2, 0.25) is 5.91 Å². The number of amides is 2. The fourth-order valence-electron chi connectivity index (χ4n) is 3.18. The van der Waals surface area contributed by atoms with E-state index in [2.05, 4.69) is 4.90 Å². The van der Waals surface area contributed by atoms with Gasteiger partial charge < -0.3 is 9.80 Å². The Hall–Kier alpha value is -2.08. The van der Waals surface area contributed by atoms with E-state index in [0.29, 0.717) is 54.9 Å². The highest BCUT2D eigenvalue weighted by molar-refractivity contribution is 6.42. The second-order valence-corrected chi connectivity index (χ2v) is 7.75. The third-order valence-corrected chi connectivity index (χ3v) is 5.61. The van der Waals surface area contributed by atoms with Crippen LogP contribution in [-0.4, -0.2) is 66.3 Å². The summed E-state index contributed by atoms with van der Waals surface area (Å²) in [4.78, 5) is 30.7. The van der Waals surface area contributed by atoms with E-state index in [0.717, 1.165) is 5.56 Å². The molecule has 0 unspecified atom stereocenters. The molecule has 28 heavy (non-hydrogen) atoms. The van der Waals surface area contributed by atoms with Gasteiger partial charge in [0, 0.05) is 45.3 Å². The van der Waals surface area contributed by atoms with Gasteiger partial charge in [-0.25, -0.2) is 0 Å². The molecule has 7 heteroatoms. The number of hydrogen-bond acceptors (Lipinski definition) is 3. The van der Waals surface area contributed by atoms with Crippen molar-refractivity contribution in [2.75, 3.05) is 39.8 Å². The molecule has 5 nitrogen and oxygen atoms in total. The molecule has 0 aliphatic carbocycles. The normalized spacial score (nSPS) is 14.8. The van der Waals surface area contributed by atoms with Gasteiger partial charge >= 0.3 is 0 Å². The highest BCUT2D eigenvalue weighted by Crippen LogP contribution is 2.23. The van der Waals surface area contributed by atoms with Crippen molar-refractivity contribution in [1.82, 2.24) is 14.7 Å². The number of nitrogens with zero attached hydrogens (tertiary/aromatic N) is 3. The van der Waals surface area contributed by atoms with Gasteiger partial charge in [-0.2, -0.15) is 0 Å². The number of benzene rings is 2. The maximum Gasteiger partial charge on any atom is 0.253 e. The first-order valence-electron chi connectivity index (χ1n) is 9.18. The van der Waals surface area contributed by atoms with E-state index in [9.17, 15) is 9.59 Å². The van der Waals surface area contributed by atoms with Crippen LogP contribution in [-0.2, 0) is 11.3 Å². The van der Waals surface area contributed by atoms with Crippen LogP contribution in [0.2, 0.25) is 10.0 Å². The summed E-state index contributed by atoms with van der Waals surface area (Å²) in [5, 5.41) is 0.988. The predicted octanol–water partition coefficient (Wildman–Crippen LogP) is 3.41. The SMILES string of the molecule is CN(Cc1ccc(Cl)c(Cl)c1)C(=O)CN1CCN(C(=O)c2ccccc2)CC1. The lowest BCUT2D eigenvalue weighted by molar-refractivity contribution is -0.132. The fraction of sp³-hybridized carbons (Fsp3) is 0.333. The van der Waals surface area contributed by atoms with Gasteiger partial charge in [-0.1, -0.05) is 47.5 Å². The molecule has 0 bridgehead atoms. The summed E-state index contributed by atoms with van der Waals surface area (Å²) in [7, 11) is 1.78. The Morgan fingerprint density at radius 1 is 0.964 bits per heavy atom. The smallest absolute Gasteiger partial charge is 0.253 e. The van der Waals surface area contributed by atoms with E-state index in [1.807, 2.05) is 41.3 Å². The van der Waals surface area contributed by atoms with Crippen molar-refractivity contribution in [1.29, 1.82) is 0 Å². The molecule has 1 aliphatic rings. The number of rotatable bonds is 5. The first-order valence-corrected chi connectivity index (χ1v) is 9.94. The lowest BCUT2D eigenvalue weighted by Crippen LogP contribution is -2.51. The monoisotopic (exact) mass is 419 g/mol. The van der Waals surface area contributed by atoms with Crippen molar-refractivity contribution >= 4 is 35.0 Å². The minimum Gasteiger partial charge on any atom is -0.340 e. The fourth-order valence-corrected chi connectivity index (χ4v) is 3.51. The summed E-state index contributed by atoms with van der Waals surface area (Å²) in [6.07, 6.45) is 0. The molecule has 2 amide bonds. The van der Waals surface area contributed by atoms with E-state index in [-0.39, 0.29) is 11.8 Å². The molecule has 0 spiro atoms. The number of halogens is 2. The molecule has 1 aliphatic heterocycles. The standard InChI is InChI=1S/C21H23Cl2N3O2/c1-24(14-16-7-8-18(22)19(23)13-16)20(27)15-25-9-11-26(12-10-25)21(28)17-5-3-2-4-6-17/h2-8,13H,9-12,14-15H2,1H3. The van der Waals surface area contributed by atoms with Gasteiger partial charge in [0.1, 0.15) is 0 Å². The van der Waals surface area contributed by atoms with Crippen LogP contribution in [0.3, 0.4) is 0 Å². The molecular weight excluding hydrogens is 397 g/mol. The van der Waals surface area contributed by atoms with E-state index < -0.39 is 0 Å². The minimum atomic E-state index is 0.0360. The van der Waals surface area contributed by atoms with Crippen molar-refractivity contribution in [2.24, 2.45) is 0 Å². The van der Waals surface area contributed by atoms with Crippen LogP contribution in [0.5, 0.6) is 0 Å². The Labute approximate surface area is 175 Å². The van der Waals surface area contributed by atoms with E-state index in [1.54, 1.807) is 24.1 Å². The van der Waals surface area contributed by atoms with Gasteiger partial charge in [0.25, 0.3) is 5.91 Å². The van der Waals surface area contributed by atoms with Crippen molar-refractivity contribution in [3.8, 4) is 0 Å². The molecule has 0 N–H and O–H groups in total. The first kappa shape index (κ1) is 20.6. The molecule has 1 heterocycles. The number of carbonyl (C=O) groups excluding carboxylic acids is 2. The predicted molar refractivity (Wildman–Crippen MR) is 112 cm³/mol. The van der Waals surface area contributed by atoms with Crippen molar-refractivity contribution in [3.63, 3.8) is 0 Å². The van der Waals surface area contributed by atoms with E-state index in [4.69, 9.17) is 23.2 Å². The summed E-state index contributed by atoms with van der Waals surface area (Å²) in [6.45, 7) is 3.43. The second-order valence-electron chi connectivity index (χ2n) is 6.93. The Kier molecular flexibility index (Phi) is 6.94. The average molecular weight is 420 g/mol. The van der Waals surface area contributed by atoms with Crippen molar-refractivity contribution < 1.29 is 9.59 Å². The Morgan fingerprint density at radius 3 is 2.29 bits per heavy atom. The highest BCUT2D eigenvalue weighted by atomic mass is 35.5. The van der Waals surface area contributed by atoms with Crippen LogP contribution in [0.4, 0.5) is 0 Å². The third kappa shape index (κ3) is 5.25. The maximum absolute atomic E-state index is 12.5. The first-order chi connectivity index (χ1) is 13.4. The van der Waals surface area contributed by atoms with Crippen molar-refractivity contribution in [3.05, 3.63) is 69.7 Å². The second kappa shape index (κ2) is 9.41. The molecule has 1 saturated heterocycles. The quantitative estimate of drug-likeness (QED) is 0.745. The summed E-state index contributed by atoms with van der Waals surface area (Å²) < 4.78 is 0. The lowest BCUT2D eigenvalue weighted by atomic mass is 10.2. The third-order valence-electron chi connectivity index (χ3n) is 4.87. The van der Waals surface area contributed by atoms with Crippen LogP contribution in [0.25, 0.3) is 0 Å². The Balaban J connectivity index is 1.47. The number of hydrogen-bond donors (Lipinski definition) is 0. The van der Waals surface area contributed by atoms with E-state index >= 15 is 0 Å². The highest BCUT2D eigenvalue weighted by Gasteiger charge is 2.24. The van der Waals surface area contributed by atoms with Crippen LogP contribution < -0.4 is 0 Å². The number of likely N-dealkylation sites (N-methyl/N-ethyl adjacent to an activating group) is 1.